The van der Waals surface area contributed by atoms with Crippen molar-refractivity contribution < 1.29 is 19.2 Å². The number of hydrogen-bond donors (Lipinski definition) is 2. The van der Waals surface area contributed by atoms with Gasteiger partial charge in [-0.05, 0) is 60.5 Å². The van der Waals surface area contributed by atoms with Crippen LogP contribution in [-0.2, 0) is 19.2 Å². The third kappa shape index (κ3) is 2.36. The minimum Gasteiger partial charge on any atom is -0.323 e. The molecule has 2 N–H and O–H groups in total. The summed E-state index contributed by atoms with van der Waals surface area (Å²) in [5, 5.41) is 5.93. The standard InChI is InChI=1S/C26H32N2O4/c1-23(2)15-9-11-25(23,19(29)13-15)21(31)27-17-7-5-6-8-18(17)28-22(32)26-12-10-16(14-20(26)30)24(26,3)4/h5-8,15-16H,9-14H2,1-4H3,(H,27,31)(H,28,32)/t15-,16-,25+,26+/m1/s1. The fourth-order valence-electron chi connectivity index (χ4n) is 7.58. The lowest BCUT2D eigenvalue weighted by Crippen LogP contribution is -2.47. The first kappa shape index (κ1) is 21.4. The van der Waals surface area contributed by atoms with Gasteiger partial charge < -0.3 is 10.6 Å². The van der Waals surface area contributed by atoms with E-state index in [1.807, 2.05) is 27.7 Å². The molecule has 170 valence electrons. The predicted molar refractivity (Wildman–Crippen MR) is 121 cm³/mol. The minimum absolute atomic E-state index is 0.0203. The number of anilines is 2. The summed E-state index contributed by atoms with van der Waals surface area (Å²) < 4.78 is 0. The topological polar surface area (TPSA) is 92.3 Å². The summed E-state index contributed by atoms with van der Waals surface area (Å²) in [6.45, 7) is 8.08. The van der Waals surface area contributed by atoms with Crippen LogP contribution in [0.1, 0.15) is 66.2 Å². The number of hydrogen-bond acceptors (Lipinski definition) is 4. The lowest BCUT2D eigenvalue weighted by Gasteiger charge is -2.36. The Morgan fingerprint density at radius 1 is 0.750 bits per heavy atom. The molecular weight excluding hydrogens is 404 g/mol. The van der Waals surface area contributed by atoms with Gasteiger partial charge in [0.2, 0.25) is 11.8 Å². The number of benzene rings is 1. The summed E-state index contributed by atoms with van der Waals surface area (Å²) in [4.78, 5) is 52.7. The molecule has 6 nitrogen and oxygen atoms in total. The van der Waals surface area contributed by atoms with Crippen LogP contribution in [0.2, 0.25) is 0 Å². The van der Waals surface area contributed by atoms with Crippen molar-refractivity contribution in [2.24, 2.45) is 33.5 Å². The molecule has 0 aliphatic heterocycles. The van der Waals surface area contributed by atoms with Gasteiger partial charge in [-0.25, -0.2) is 0 Å². The van der Waals surface area contributed by atoms with E-state index in [4.69, 9.17) is 0 Å². The number of carbonyl (C=O) groups excluding carboxylic acids is 4. The lowest BCUT2D eigenvalue weighted by atomic mass is 9.68. The van der Waals surface area contributed by atoms with Gasteiger partial charge in [0, 0.05) is 12.8 Å². The first-order valence-electron chi connectivity index (χ1n) is 11.8. The normalized spacial score (nSPS) is 35.9. The smallest absolute Gasteiger partial charge is 0.238 e. The van der Waals surface area contributed by atoms with Gasteiger partial charge in [-0.1, -0.05) is 39.8 Å². The van der Waals surface area contributed by atoms with Crippen LogP contribution < -0.4 is 10.6 Å². The minimum atomic E-state index is -1.02. The molecule has 2 amide bonds. The van der Waals surface area contributed by atoms with Crippen molar-refractivity contribution in [2.45, 2.75) is 66.2 Å². The Morgan fingerprint density at radius 2 is 1.12 bits per heavy atom. The summed E-state index contributed by atoms with van der Waals surface area (Å²) >= 11 is 0. The summed E-state index contributed by atoms with van der Waals surface area (Å²) in [6, 6.07) is 7.05. The zero-order valence-electron chi connectivity index (χ0n) is 19.3. The number of fused-ring (bicyclic) bond motifs is 4. The van der Waals surface area contributed by atoms with Crippen LogP contribution in [0.3, 0.4) is 0 Å². The van der Waals surface area contributed by atoms with Crippen LogP contribution in [0.5, 0.6) is 0 Å². The number of nitrogens with one attached hydrogen (secondary N) is 2. The van der Waals surface area contributed by atoms with Crippen LogP contribution in [0.15, 0.2) is 24.3 Å². The van der Waals surface area contributed by atoms with E-state index in [-0.39, 0.29) is 46.0 Å². The maximum Gasteiger partial charge on any atom is 0.238 e. The van der Waals surface area contributed by atoms with Crippen molar-refractivity contribution >= 4 is 34.8 Å². The second kappa shape index (κ2) is 6.52. The van der Waals surface area contributed by atoms with E-state index in [2.05, 4.69) is 10.6 Å². The molecule has 0 unspecified atom stereocenters. The fourth-order valence-corrected chi connectivity index (χ4v) is 7.58. The second-order valence-corrected chi connectivity index (χ2v) is 11.4. The first-order valence-corrected chi connectivity index (χ1v) is 11.8. The van der Waals surface area contributed by atoms with Gasteiger partial charge in [-0.2, -0.15) is 0 Å². The van der Waals surface area contributed by atoms with E-state index in [1.165, 1.54) is 0 Å². The molecule has 0 aromatic heterocycles. The van der Waals surface area contributed by atoms with Crippen LogP contribution in [0.4, 0.5) is 11.4 Å². The van der Waals surface area contributed by atoms with Crippen molar-refractivity contribution in [1.82, 2.24) is 0 Å². The molecule has 0 saturated heterocycles. The third-order valence-electron chi connectivity index (χ3n) is 9.99. The van der Waals surface area contributed by atoms with E-state index < -0.39 is 10.8 Å². The maximum absolute atomic E-state index is 13.5. The Kier molecular flexibility index (Phi) is 4.35. The highest BCUT2D eigenvalue weighted by Gasteiger charge is 2.69. The lowest BCUT2D eigenvalue weighted by molar-refractivity contribution is -0.143. The Balaban J connectivity index is 1.42. The molecule has 1 aromatic carbocycles. The average Bonchev–Trinajstić information content (AvgIpc) is 3.29. The predicted octanol–water partition coefficient (Wildman–Crippen LogP) is 4.35. The van der Waals surface area contributed by atoms with Gasteiger partial charge in [-0.3, -0.25) is 19.2 Å². The number of Topliss-reactive ketones (excluding diaryl/α,β-unsaturated/α-hetero) is 2. The van der Waals surface area contributed by atoms with Gasteiger partial charge in [0.1, 0.15) is 22.4 Å². The average molecular weight is 437 g/mol. The van der Waals surface area contributed by atoms with Crippen molar-refractivity contribution in [3.8, 4) is 0 Å². The molecule has 32 heavy (non-hydrogen) atoms. The highest BCUT2D eigenvalue weighted by atomic mass is 16.2. The molecule has 0 radical (unpaired) electrons. The molecule has 4 fully saturated rings. The third-order valence-corrected chi connectivity index (χ3v) is 9.99. The highest BCUT2D eigenvalue weighted by molar-refractivity contribution is 6.17. The Hall–Kier alpha value is -2.50. The maximum atomic E-state index is 13.5. The number of carbonyl (C=O) groups is 4. The van der Waals surface area contributed by atoms with Crippen molar-refractivity contribution in [2.75, 3.05) is 10.6 Å². The Labute approximate surface area is 188 Å². The van der Waals surface area contributed by atoms with E-state index in [0.717, 1.165) is 12.8 Å². The summed E-state index contributed by atoms with van der Waals surface area (Å²) in [6.07, 6.45) is 3.81. The zero-order valence-corrected chi connectivity index (χ0v) is 19.3. The van der Waals surface area contributed by atoms with E-state index in [9.17, 15) is 19.2 Å². The van der Waals surface area contributed by atoms with Gasteiger partial charge >= 0.3 is 0 Å². The van der Waals surface area contributed by atoms with Crippen molar-refractivity contribution in [1.29, 1.82) is 0 Å². The molecule has 4 aliphatic carbocycles. The second-order valence-electron chi connectivity index (χ2n) is 11.4. The molecule has 1 aromatic rings. The quantitative estimate of drug-likeness (QED) is 0.686. The van der Waals surface area contributed by atoms with Crippen LogP contribution in [0, 0.1) is 33.5 Å². The molecule has 4 bridgehead atoms. The SMILES string of the molecule is CC1(C)[C@@H]2CC[C@@]1(C(=O)Nc1ccccc1NC(=O)[C@]13CC[C@H](CC1=O)C3(C)C)C(=O)C2. The van der Waals surface area contributed by atoms with Crippen LogP contribution in [-0.4, -0.2) is 23.4 Å². The Morgan fingerprint density at radius 3 is 1.41 bits per heavy atom. The van der Waals surface area contributed by atoms with Crippen LogP contribution in [0.25, 0.3) is 0 Å². The summed E-state index contributed by atoms with van der Waals surface area (Å²) in [7, 11) is 0. The number of rotatable bonds is 4. The van der Waals surface area contributed by atoms with Crippen LogP contribution >= 0.6 is 0 Å². The molecule has 0 spiro atoms. The summed E-state index contributed by atoms with van der Waals surface area (Å²) in [5.74, 6) is -0.0588. The molecule has 4 atom stereocenters. The number of ketones is 2. The van der Waals surface area contributed by atoms with Gasteiger partial charge in [-0.15, -0.1) is 0 Å². The molecule has 6 heteroatoms. The molecular formula is C26H32N2O4. The fraction of sp³-hybridized carbons (Fsp3) is 0.615. The van der Waals surface area contributed by atoms with Gasteiger partial charge in [0.25, 0.3) is 0 Å². The van der Waals surface area contributed by atoms with E-state index in [0.29, 0.717) is 37.1 Å². The highest BCUT2D eigenvalue weighted by Crippen LogP contribution is 2.65. The largest absolute Gasteiger partial charge is 0.323 e. The van der Waals surface area contributed by atoms with E-state index >= 15 is 0 Å². The monoisotopic (exact) mass is 436 g/mol. The van der Waals surface area contributed by atoms with E-state index in [1.54, 1.807) is 24.3 Å². The summed E-state index contributed by atoms with van der Waals surface area (Å²) in [5.41, 5.74) is -1.87. The van der Waals surface area contributed by atoms with Crippen molar-refractivity contribution in [3.05, 3.63) is 24.3 Å². The van der Waals surface area contributed by atoms with Gasteiger partial charge in [0.05, 0.1) is 11.4 Å². The molecule has 0 heterocycles. The first-order chi connectivity index (χ1) is 15.0. The number of para-hydroxylation sites is 2. The molecule has 4 saturated carbocycles. The molecule has 4 aliphatic rings. The zero-order chi connectivity index (χ0) is 23.1. The number of amides is 2. The van der Waals surface area contributed by atoms with Gasteiger partial charge in [0.15, 0.2) is 0 Å². The Bertz CT molecular complexity index is 975. The molecule has 5 rings (SSSR count). The van der Waals surface area contributed by atoms with Crippen molar-refractivity contribution in [3.63, 3.8) is 0 Å².